The molecule has 6 heteroatoms. The zero-order chi connectivity index (χ0) is 15.6. The molecule has 0 aliphatic heterocycles. The molecule has 0 amide bonds. The molecule has 4 nitrogen and oxygen atoms in total. The summed E-state index contributed by atoms with van der Waals surface area (Å²) in [5.74, 6) is -0.571. The Kier molecular flexibility index (Phi) is 4.27. The minimum atomic E-state index is -0.532. The summed E-state index contributed by atoms with van der Waals surface area (Å²) >= 11 is 1.50. The van der Waals surface area contributed by atoms with Gasteiger partial charge >= 0.3 is 0 Å². The van der Waals surface area contributed by atoms with Gasteiger partial charge in [-0.2, -0.15) is 0 Å². The maximum Gasteiger partial charge on any atom is 0.165 e. The van der Waals surface area contributed by atoms with Crippen molar-refractivity contribution in [2.24, 2.45) is 5.73 Å². The quantitative estimate of drug-likeness (QED) is 0.671. The van der Waals surface area contributed by atoms with Crippen LogP contribution in [0.3, 0.4) is 0 Å². The third-order valence-electron chi connectivity index (χ3n) is 2.91. The summed E-state index contributed by atoms with van der Waals surface area (Å²) in [5, 5.41) is 10.1. The molecule has 0 saturated carbocycles. The molecule has 1 heterocycles. The van der Waals surface area contributed by atoms with Gasteiger partial charge in [0.15, 0.2) is 11.6 Å². The monoisotopic (exact) mass is 307 g/mol. The lowest BCUT2D eigenvalue weighted by Gasteiger charge is -2.14. The fourth-order valence-electron chi connectivity index (χ4n) is 1.65. The number of nitrogens with one attached hydrogen (secondary N) is 1. The van der Waals surface area contributed by atoms with Crippen LogP contribution in [-0.4, -0.2) is 10.8 Å². The van der Waals surface area contributed by atoms with Gasteiger partial charge in [-0.05, 0) is 18.2 Å². The third kappa shape index (κ3) is 3.78. The van der Waals surface area contributed by atoms with Crippen LogP contribution in [0.25, 0.3) is 0 Å². The van der Waals surface area contributed by atoms with Crippen molar-refractivity contribution in [1.29, 1.82) is 5.41 Å². The highest BCUT2D eigenvalue weighted by atomic mass is 32.1. The van der Waals surface area contributed by atoms with Gasteiger partial charge in [0.05, 0.1) is 5.69 Å². The molecule has 0 radical (unpaired) electrons. The molecular formula is C15H18FN3OS. The second-order valence-corrected chi connectivity index (χ2v) is 6.67. The number of amidine groups is 1. The maximum absolute atomic E-state index is 13.8. The van der Waals surface area contributed by atoms with Gasteiger partial charge in [-0.25, -0.2) is 9.37 Å². The first-order chi connectivity index (χ1) is 9.77. The average molecular weight is 307 g/mol. The number of thiazole rings is 1. The summed E-state index contributed by atoms with van der Waals surface area (Å²) in [5.41, 5.74) is 6.63. The van der Waals surface area contributed by atoms with Crippen molar-refractivity contribution in [2.45, 2.75) is 32.8 Å². The van der Waals surface area contributed by atoms with E-state index in [1.54, 1.807) is 6.07 Å². The molecule has 2 aromatic rings. The van der Waals surface area contributed by atoms with E-state index in [1.807, 2.05) is 5.38 Å². The average Bonchev–Trinajstić information content (AvgIpc) is 2.85. The molecule has 0 fully saturated rings. The zero-order valence-corrected chi connectivity index (χ0v) is 13.1. The first-order valence-electron chi connectivity index (χ1n) is 6.49. The number of nitrogen functional groups attached to an aromatic ring is 1. The molecule has 0 unspecified atom stereocenters. The van der Waals surface area contributed by atoms with Gasteiger partial charge in [0, 0.05) is 16.4 Å². The van der Waals surface area contributed by atoms with Crippen LogP contribution < -0.4 is 10.5 Å². The van der Waals surface area contributed by atoms with Crippen LogP contribution in [0.2, 0.25) is 0 Å². The Morgan fingerprint density at radius 2 is 2.14 bits per heavy atom. The molecule has 0 aliphatic rings. The Hall–Kier alpha value is -1.95. The predicted octanol–water partition coefficient (Wildman–Crippen LogP) is 3.44. The van der Waals surface area contributed by atoms with Gasteiger partial charge in [0.2, 0.25) is 0 Å². The lowest BCUT2D eigenvalue weighted by molar-refractivity contribution is 0.289. The number of hydrogen-bond donors (Lipinski definition) is 2. The minimum Gasteiger partial charge on any atom is -0.483 e. The normalized spacial score (nSPS) is 11.4. The summed E-state index contributed by atoms with van der Waals surface area (Å²) in [6.45, 7) is 6.49. The van der Waals surface area contributed by atoms with Gasteiger partial charge < -0.3 is 10.5 Å². The van der Waals surface area contributed by atoms with Crippen LogP contribution in [0.4, 0.5) is 4.39 Å². The molecule has 3 N–H and O–H groups in total. The van der Waals surface area contributed by atoms with Gasteiger partial charge in [-0.1, -0.05) is 20.8 Å². The lowest BCUT2D eigenvalue weighted by atomic mass is 9.93. The Labute approximate surface area is 127 Å². The molecule has 112 valence electrons. The number of benzene rings is 1. The second-order valence-electron chi connectivity index (χ2n) is 5.72. The maximum atomic E-state index is 13.8. The van der Waals surface area contributed by atoms with E-state index in [0.717, 1.165) is 10.7 Å². The van der Waals surface area contributed by atoms with E-state index in [4.69, 9.17) is 15.9 Å². The highest BCUT2D eigenvalue weighted by Gasteiger charge is 2.17. The van der Waals surface area contributed by atoms with Gasteiger partial charge in [-0.3, -0.25) is 5.41 Å². The summed E-state index contributed by atoms with van der Waals surface area (Å²) in [6, 6.07) is 4.23. The Bertz CT molecular complexity index is 661. The molecule has 0 spiro atoms. The molecule has 1 aromatic carbocycles. The fourth-order valence-corrected chi connectivity index (χ4v) is 2.58. The van der Waals surface area contributed by atoms with Crippen molar-refractivity contribution in [2.75, 3.05) is 0 Å². The van der Waals surface area contributed by atoms with E-state index in [9.17, 15) is 4.39 Å². The smallest absolute Gasteiger partial charge is 0.165 e. The topological polar surface area (TPSA) is 72.0 Å². The van der Waals surface area contributed by atoms with Gasteiger partial charge in [-0.15, -0.1) is 11.3 Å². The van der Waals surface area contributed by atoms with Crippen molar-refractivity contribution >= 4 is 17.2 Å². The highest BCUT2D eigenvalue weighted by molar-refractivity contribution is 7.09. The summed E-state index contributed by atoms with van der Waals surface area (Å²) in [4.78, 5) is 4.49. The minimum absolute atomic E-state index is 0.0108. The predicted molar refractivity (Wildman–Crippen MR) is 82.6 cm³/mol. The van der Waals surface area contributed by atoms with Crippen molar-refractivity contribution in [3.63, 3.8) is 0 Å². The van der Waals surface area contributed by atoms with E-state index >= 15 is 0 Å². The van der Waals surface area contributed by atoms with E-state index in [2.05, 4.69) is 25.8 Å². The molecule has 1 aromatic heterocycles. The van der Waals surface area contributed by atoms with Crippen molar-refractivity contribution in [1.82, 2.24) is 4.98 Å². The zero-order valence-electron chi connectivity index (χ0n) is 12.2. The Balaban J connectivity index is 2.06. The van der Waals surface area contributed by atoms with Crippen LogP contribution in [0.15, 0.2) is 23.6 Å². The summed E-state index contributed by atoms with van der Waals surface area (Å²) in [7, 11) is 0. The molecule has 0 aliphatic carbocycles. The largest absolute Gasteiger partial charge is 0.483 e. The number of halogens is 1. The van der Waals surface area contributed by atoms with E-state index in [-0.39, 0.29) is 23.6 Å². The number of aromatic nitrogens is 1. The Morgan fingerprint density at radius 1 is 1.43 bits per heavy atom. The van der Waals surface area contributed by atoms with Crippen LogP contribution in [0, 0.1) is 11.2 Å². The van der Waals surface area contributed by atoms with Crippen molar-refractivity contribution in [3.8, 4) is 5.75 Å². The summed E-state index contributed by atoms with van der Waals surface area (Å²) in [6.07, 6.45) is 0. The van der Waals surface area contributed by atoms with Crippen LogP contribution in [-0.2, 0) is 12.0 Å². The lowest BCUT2D eigenvalue weighted by Crippen LogP contribution is -2.12. The first-order valence-corrected chi connectivity index (χ1v) is 7.37. The SMILES string of the molecule is CC(C)(C)c1csc(COc2ccc(C(=N)N)cc2F)n1. The number of rotatable bonds is 4. The molecule has 0 saturated heterocycles. The van der Waals surface area contributed by atoms with Crippen molar-refractivity contribution < 1.29 is 9.13 Å². The number of ether oxygens (including phenoxy) is 1. The highest BCUT2D eigenvalue weighted by Crippen LogP contribution is 2.25. The van der Waals surface area contributed by atoms with Crippen LogP contribution >= 0.6 is 11.3 Å². The fraction of sp³-hybridized carbons (Fsp3) is 0.333. The van der Waals surface area contributed by atoms with E-state index in [1.165, 1.54) is 23.5 Å². The van der Waals surface area contributed by atoms with Crippen LogP contribution in [0.5, 0.6) is 5.75 Å². The van der Waals surface area contributed by atoms with Gasteiger partial charge in [0.1, 0.15) is 17.5 Å². The Morgan fingerprint density at radius 3 is 2.67 bits per heavy atom. The first kappa shape index (κ1) is 15.4. The summed E-state index contributed by atoms with van der Waals surface area (Å²) < 4.78 is 19.3. The number of hydrogen-bond acceptors (Lipinski definition) is 4. The number of nitrogens with zero attached hydrogens (tertiary/aromatic N) is 1. The van der Waals surface area contributed by atoms with Crippen molar-refractivity contribution in [3.05, 3.63) is 45.7 Å². The molecular weight excluding hydrogens is 289 g/mol. The van der Waals surface area contributed by atoms with E-state index < -0.39 is 5.82 Å². The molecule has 2 rings (SSSR count). The standard InChI is InChI=1S/C15H18FN3OS/c1-15(2,3)12-8-21-13(19-12)7-20-11-5-4-9(14(17)18)6-10(11)16/h4-6,8H,7H2,1-3H3,(H3,17,18). The van der Waals surface area contributed by atoms with Crippen LogP contribution in [0.1, 0.15) is 37.0 Å². The second kappa shape index (κ2) is 5.81. The molecule has 0 bridgehead atoms. The third-order valence-corrected chi connectivity index (χ3v) is 3.74. The number of nitrogens with two attached hydrogens (primary N) is 1. The van der Waals surface area contributed by atoms with Gasteiger partial charge in [0.25, 0.3) is 0 Å². The van der Waals surface area contributed by atoms with E-state index in [0.29, 0.717) is 5.56 Å². The molecule has 21 heavy (non-hydrogen) atoms. The molecule has 0 atom stereocenters.